The van der Waals surface area contributed by atoms with Crippen LogP contribution in [0.3, 0.4) is 0 Å². The number of aliphatic hydroxyl groups is 1. The number of allylic oxidation sites excluding steroid dienone is 3. The number of fused-ring (bicyclic) bond motifs is 4. The van der Waals surface area contributed by atoms with Crippen molar-refractivity contribution in [1.29, 1.82) is 0 Å². The van der Waals surface area contributed by atoms with Gasteiger partial charge < -0.3 is 30.5 Å². The minimum absolute atomic E-state index is 0.118. The van der Waals surface area contributed by atoms with Gasteiger partial charge in [0.05, 0.1) is 28.0 Å². The number of carbonyl (C=O) groups is 6. The maximum absolute atomic E-state index is 13.7. The molecule has 2 aromatic rings. The maximum atomic E-state index is 13.7. The van der Waals surface area contributed by atoms with Gasteiger partial charge in [-0.05, 0) is 37.1 Å². The summed E-state index contributed by atoms with van der Waals surface area (Å²) in [6, 6.07) is 2.41. The number of Topliss-reactive ketones (excluding diaryl/α,β-unsaturated/α-hetero) is 4. The minimum atomic E-state index is -1.41. The third-order valence-electron chi connectivity index (χ3n) is 7.42. The van der Waals surface area contributed by atoms with E-state index in [9.17, 15) is 44.1 Å². The Balaban J connectivity index is 1.59. The normalized spacial score (nSPS) is 21.9. The highest BCUT2D eigenvalue weighted by Crippen LogP contribution is 2.45. The molecule has 0 fully saturated rings. The first kappa shape index (κ1) is 25.0. The molecule has 2 aliphatic carbocycles. The van der Waals surface area contributed by atoms with Gasteiger partial charge in [0.2, 0.25) is 23.1 Å². The van der Waals surface area contributed by atoms with E-state index in [2.05, 4.69) is 0 Å². The Morgan fingerprint density at radius 2 is 1.12 bits per heavy atom. The quantitative estimate of drug-likeness (QED) is 0.298. The van der Waals surface area contributed by atoms with Gasteiger partial charge in [0.15, 0.2) is 0 Å². The molecule has 2 heterocycles. The van der Waals surface area contributed by atoms with Gasteiger partial charge in [0.1, 0.15) is 40.6 Å². The number of rotatable bonds is 1. The van der Waals surface area contributed by atoms with E-state index < -0.39 is 98.1 Å². The molecule has 2 aromatic carbocycles. The van der Waals surface area contributed by atoms with Crippen LogP contribution in [0.2, 0.25) is 0 Å². The van der Waals surface area contributed by atoms with E-state index in [1.54, 1.807) is 13.8 Å². The second-order valence-electron chi connectivity index (χ2n) is 10.0. The number of cyclic esters (lactones) is 2. The summed E-state index contributed by atoms with van der Waals surface area (Å²) in [6.45, 7) is 3.19. The van der Waals surface area contributed by atoms with Crippen molar-refractivity contribution in [3.63, 3.8) is 0 Å². The van der Waals surface area contributed by atoms with Crippen molar-refractivity contribution < 1.29 is 53.6 Å². The number of nitrogens with two attached hydrogens (primary N) is 1. The van der Waals surface area contributed by atoms with E-state index >= 15 is 0 Å². The van der Waals surface area contributed by atoms with Crippen LogP contribution in [0.25, 0.3) is 5.76 Å². The van der Waals surface area contributed by atoms with Crippen molar-refractivity contribution in [3.05, 3.63) is 73.5 Å². The van der Waals surface area contributed by atoms with E-state index in [-0.39, 0.29) is 40.7 Å². The fourth-order valence-corrected chi connectivity index (χ4v) is 5.69. The summed E-state index contributed by atoms with van der Waals surface area (Å²) in [6.07, 6.45) is -0.892. The van der Waals surface area contributed by atoms with Crippen molar-refractivity contribution in [2.75, 3.05) is 0 Å². The summed E-state index contributed by atoms with van der Waals surface area (Å²) >= 11 is 0. The number of carbonyl (C=O) groups excluding carboxylic acids is 6. The molecular weight excluding hydrogens is 526 g/mol. The molecule has 0 aromatic heterocycles. The molecule has 40 heavy (non-hydrogen) atoms. The van der Waals surface area contributed by atoms with Gasteiger partial charge in [-0.2, -0.15) is 0 Å². The van der Waals surface area contributed by atoms with Crippen LogP contribution in [0.15, 0.2) is 29.0 Å². The summed E-state index contributed by atoms with van der Waals surface area (Å²) in [7, 11) is 0. The number of hydrogen-bond donors (Lipinski definition) is 4. The molecule has 2 atom stereocenters. The van der Waals surface area contributed by atoms with Gasteiger partial charge in [-0.15, -0.1) is 0 Å². The number of hydrogen-bond acceptors (Lipinski definition) is 12. The Morgan fingerprint density at radius 1 is 0.650 bits per heavy atom. The molecule has 6 rings (SSSR count). The summed E-state index contributed by atoms with van der Waals surface area (Å²) in [5.41, 5.74) is 1.02. The van der Waals surface area contributed by atoms with Gasteiger partial charge in [-0.3, -0.25) is 19.2 Å². The third kappa shape index (κ3) is 3.12. The molecular formula is C28H19NO11. The lowest BCUT2D eigenvalue weighted by atomic mass is 9.75. The average molecular weight is 545 g/mol. The molecule has 4 aliphatic rings. The average Bonchev–Trinajstić information content (AvgIpc) is 2.86. The zero-order valence-corrected chi connectivity index (χ0v) is 20.9. The summed E-state index contributed by atoms with van der Waals surface area (Å²) < 4.78 is 10.3. The number of benzene rings is 2. The van der Waals surface area contributed by atoms with Gasteiger partial charge in [-0.1, -0.05) is 0 Å². The van der Waals surface area contributed by atoms with Crippen molar-refractivity contribution in [3.8, 4) is 11.5 Å². The van der Waals surface area contributed by atoms with E-state index in [1.165, 1.54) is 12.1 Å². The van der Waals surface area contributed by atoms with Crippen molar-refractivity contribution in [2.45, 2.75) is 38.9 Å². The lowest BCUT2D eigenvalue weighted by Crippen LogP contribution is -2.35. The second kappa shape index (κ2) is 8.12. The van der Waals surface area contributed by atoms with Gasteiger partial charge >= 0.3 is 11.9 Å². The number of ether oxygens (including phenoxy) is 2. The lowest BCUT2D eigenvalue weighted by molar-refractivity contribution is -0.111. The fraction of sp³-hybridized carbons (Fsp3) is 0.214. The van der Waals surface area contributed by atoms with Crippen LogP contribution in [0, 0.1) is 0 Å². The highest BCUT2D eigenvalue weighted by molar-refractivity contribution is 6.55. The number of esters is 2. The predicted molar refractivity (Wildman–Crippen MR) is 132 cm³/mol. The van der Waals surface area contributed by atoms with Crippen LogP contribution < -0.4 is 5.73 Å². The van der Waals surface area contributed by atoms with Crippen LogP contribution in [0.5, 0.6) is 11.5 Å². The van der Waals surface area contributed by atoms with Crippen molar-refractivity contribution >= 4 is 40.8 Å². The molecule has 12 nitrogen and oxygen atoms in total. The Bertz CT molecular complexity index is 1770. The van der Waals surface area contributed by atoms with Crippen LogP contribution >= 0.6 is 0 Å². The van der Waals surface area contributed by atoms with E-state index in [1.807, 2.05) is 0 Å². The summed E-state index contributed by atoms with van der Waals surface area (Å²) in [5.74, 6) is -9.58. The first-order valence-electron chi connectivity index (χ1n) is 12.1. The van der Waals surface area contributed by atoms with E-state index in [4.69, 9.17) is 15.2 Å². The SMILES string of the molecule is CC1Cc2cc3c(c(O)c2C(=O)O1)C(=O)C(C1=C(O)c2c(cc4c(c2O)C(=O)OC(C)C4)C(=O)C1=O)=C(N)C3=O. The molecule has 202 valence electrons. The topological polar surface area (TPSA) is 208 Å². The Hall–Kier alpha value is -5.26. The van der Waals surface area contributed by atoms with E-state index in [0.717, 1.165) is 0 Å². The van der Waals surface area contributed by atoms with Crippen LogP contribution in [-0.2, 0) is 27.1 Å². The zero-order valence-electron chi connectivity index (χ0n) is 20.9. The number of ketones is 4. The van der Waals surface area contributed by atoms with Gasteiger partial charge in [0.25, 0.3) is 0 Å². The summed E-state index contributed by atoms with van der Waals surface area (Å²) in [4.78, 5) is 78.5. The van der Waals surface area contributed by atoms with Crippen LogP contribution in [-0.4, -0.2) is 62.6 Å². The Labute approximate surface area is 224 Å². The van der Waals surface area contributed by atoms with Crippen LogP contribution in [0.1, 0.15) is 82.3 Å². The number of phenolic OH excluding ortho intramolecular Hbond substituents is 2. The largest absolute Gasteiger partial charge is 0.506 e. The highest BCUT2D eigenvalue weighted by atomic mass is 16.5. The van der Waals surface area contributed by atoms with Gasteiger partial charge in [0, 0.05) is 24.0 Å². The second-order valence-corrected chi connectivity index (χ2v) is 10.0. The van der Waals surface area contributed by atoms with Crippen molar-refractivity contribution in [2.24, 2.45) is 5.73 Å². The first-order valence-corrected chi connectivity index (χ1v) is 12.1. The molecule has 0 saturated heterocycles. The smallest absolute Gasteiger partial charge is 0.342 e. The number of aromatic hydroxyl groups is 2. The molecule has 5 N–H and O–H groups in total. The molecule has 0 spiro atoms. The first-order chi connectivity index (χ1) is 18.8. The predicted octanol–water partition coefficient (Wildman–Crippen LogP) is 1.63. The minimum Gasteiger partial charge on any atom is -0.506 e. The fourth-order valence-electron chi connectivity index (χ4n) is 5.69. The molecule has 12 heteroatoms. The molecule has 0 bridgehead atoms. The molecule has 2 unspecified atom stereocenters. The third-order valence-corrected chi connectivity index (χ3v) is 7.42. The van der Waals surface area contributed by atoms with Gasteiger partial charge in [-0.25, -0.2) is 9.59 Å². The van der Waals surface area contributed by atoms with Crippen molar-refractivity contribution in [1.82, 2.24) is 0 Å². The molecule has 0 saturated carbocycles. The molecule has 0 radical (unpaired) electrons. The number of aliphatic hydroxyl groups excluding tert-OH is 1. The van der Waals surface area contributed by atoms with Crippen LogP contribution in [0.4, 0.5) is 0 Å². The summed E-state index contributed by atoms with van der Waals surface area (Å²) in [5, 5.41) is 33.1. The zero-order chi connectivity index (χ0) is 28.9. The Kier molecular flexibility index (Phi) is 5.08. The highest BCUT2D eigenvalue weighted by Gasteiger charge is 2.46. The standard InChI is InChI=1S/C28H19NO11/c1-7-3-9-5-11-15(22(32)13(9)27(37)39-7)24(34)17(19(29)20(11)30)18-25(35)16-12(21(31)26(18)36)6-10-4-8(2)40-28(38)14(10)23(16)33/h5-8,32-33,35H,3-4,29H2,1-2H3. The Morgan fingerprint density at radius 3 is 1.65 bits per heavy atom. The number of phenols is 2. The van der Waals surface area contributed by atoms with E-state index in [0.29, 0.717) is 0 Å². The lowest BCUT2D eigenvalue weighted by Gasteiger charge is -2.29. The molecule has 2 aliphatic heterocycles. The monoisotopic (exact) mass is 545 g/mol. The maximum Gasteiger partial charge on any atom is 0.342 e. The molecule has 0 amide bonds.